The number of rotatable bonds is 3. The molecule has 1 aliphatic heterocycles. The number of likely N-dealkylation sites (tertiary alicyclic amines) is 1. The molecule has 0 bridgehead atoms. The molecule has 0 unspecified atom stereocenters. The van der Waals surface area contributed by atoms with Crippen molar-refractivity contribution in [1.82, 2.24) is 4.90 Å². The number of amides is 1. The van der Waals surface area contributed by atoms with Gasteiger partial charge in [-0.2, -0.15) is 0 Å². The van der Waals surface area contributed by atoms with Crippen molar-refractivity contribution in [3.63, 3.8) is 0 Å². The Hall–Kier alpha value is -1.26. The Labute approximate surface area is 102 Å². The van der Waals surface area contributed by atoms with Crippen LogP contribution in [0.4, 0.5) is 4.79 Å². The molecule has 1 rings (SSSR count). The molecule has 0 atom stereocenters. The van der Waals surface area contributed by atoms with Crippen LogP contribution in [0, 0.1) is 5.41 Å². The first-order chi connectivity index (χ1) is 7.70. The summed E-state index contributed by atoms with van der Waals surface area (Å²) in [4.78, 5) is 24.3. The number of carbonyl (C=O) groups is 2. The van der Waals surface area contributed by atoms with E-state index in [4.69, 9.17) is 9.84 Å². The monoisotopic (exact) mass is 243 g/mol. The average Bonchev–Trinajstić information content (AvgIpc) is 2.06. The third kappa shape index (κ3) is 3.11. The zero-order valence-electron chi connectivity index (χ0n) is 10.9. The summed E-state index contributed by atoms with van der Waals surface area (Å²) in [7, 11) is 0. The van der Waals surface area contributed by atoms with Crippen molar-refractivity contribution in [2.24, 2.45) is 5.41 Å². The highest BCUT2D eigenvalue weighted by Gasteiger charge is 2.51. The fourth-order valence-corrected chi connectivity index (χ4v) is 2.02. The van der Waals surface area contributed by atoms with E-state index >= 15 is 0 Å². The second-order valence-electron chi connectivity index (χ2n) is 5.67. The second-order valence-corrected chi connectivity index (χ2v) is 5.67. The van der Waals surface area contributed by atoms with E-state index in [1.54, 1.807) is 20.8 Å². The molecule has 5 nitrogen and oxygen atoms in total. The topological polar surface area (TPSA) is 66.8 Å². The van der Waals surface area contributed by atoms with Crippen LogP contribution in [0.25, 0.3) is 0 Å². The number of nitrogens with zero attached hydrogens (tertiary/aromatic N) is 1. The van der Waals surface area contributed by atoms with Crippen LogP contribution in [0.2, 0.25) is 0 Å². The summed E-state index contributed by atoms with van der Waals surface area (Å²) in [5.41, 5.74) is -1.30. The molecule has 1 amide bonds. The van der Waals surface area contributed by atoms with Gasteiger partial charge in [-0.3, -0.25) is 4.79 Å². The minimum absolute atomic E-state index is 0.255. The van der Waals surface area contributed by atoms with Gasteiger partial charge in [0.2, 0.25) is 0 Å². The molecular formula is C12H21NO4. The van der Waals surface area contributed by atoms with E-state index in [1.807, 2.05) is 6.92 Å². The maximum absolute atomic E-state index is 11.7. The summed E-state index contributed by atoms with van der Waals surface area (Å²) < 4.78 is 5.19. The molecule has 17 heavy (non-hydrogen) atoms. The summed E-state index contributed by atoms with van der Waals surface area (Å²) >= 11 is 0. The van der Waals surface area contributed by atoms with Crippen molar-refractivity contribution >= 4 is 12.1 Å². The Kier molecular flexibility index (Phi) is 3.69. The molecule has 98 valence electrons. The fraction of sp³-hybridized carbons (Fsp3) is 0.833. The van der Waals surface area contributed by atoms with E-state index in [2.05, 4.69) is 0 Å². The Bertz CT molecular complexity index is 313. The van der Waals surface area contributed by atoms with Gasteiger partial charge in [0, 0.05) is 13.1 Å². The van der Waals surface area contributed by atoms with Crippen LogP contribution in [0.15, 0.2) is 0 Å². The SMILES string of the molecule is CCCC1(C(=O)O)CN(C(=O)OC(C)(C)C)C1. The normalized spacial score (nSPS) is 18.5. The number of aliphatic carboxylic acids is 1. The predicted molar refractivity (Wildman–Crippen MR) is 62.8 cm³/mol. The van der Waals surface area contributed by atoms with Crippen molar-refractivity contribution in [2.75, 3.05) is 13.1 Å². The number of hydrogen-bond acceptors (Lipinski definition) is 3. The molecule has 0 aromatic heterocycles. The number of carboxylic acids is 1. The largest absolute Gasteiger partial charge is 0.481 e. The molecule has 0 aromatic rings. The highest BCUT2D eigenvalue weighted by Crippen LogP contribution is 2.36. The van der Waals surface area contributed by atoms with E-state index in [0.717, 1.165) is 6.42 Å². The maximum Gasteiger partial charge on any atom is 0.410 e. The van der Waals surface area contributed by atoms with Crippen LogP contribution >= 0.6 is 0 Å². The van der Waals surface area contributed by atoms with E-state index in [1.165, 1.54) is 4.90 Å². The quantitative estimate of drug-likeness (QED) is 0.824. The van der Waals surface area contributed by atoms with Crippen LogP contribution < -0.4 is 0 Å². The lowest BCUT2D eigenvalue weighted by Gasteiger charge is -2.47. The Balaban J connectivity index is 2.54. The van der Waals surface area contributed by atoms with Crippen LogP contribution in [0.5, 0.6) is 0 Å². The minimum atomic E-state index is -0.820. The summed E-state index contributed by atoms with van der Waals surface area (Å²) in [5.74, 6) is -0.820. The lowest BCUT2D eigenvalue weighted by atomic mass is 9.76. The number of carboxylic acid groups (broad SMARTS) is 1. The van der Waals surface area contributed by atoms with Gasteiger partial charge in [0.25, 0.3) is 0 Å². The Morgan fingerprint density at radius 1 is 1.35 bits per heavy atom. The zero-order valence-corrected chi connectivity index (χ0v) is 10.9. The van der Waals surface area contributed by atoms with Gasteiger partial charge >= 0.3 is 12.1 Å². The number of hydrogen-bond donors (Lipinski definition) is 1. The molecule has 1 saturated heterocycles. The Morgan fingerprint density at radius 3 is 2.24 bits per heavy atom. The number of carbonyl (C=O) groups excluding carboxylic acids is 1. The smallest absolute Gasteiger partial charge is 0.410 e. The third-order valence-electron chi connectivity index (χ3n) is 2.82. The summed E-state index contributed by atoms with van der Waals surface area (Å²) in [5, 5.41) is 9.17. The maximum atomic E-state index is 11.7. The first-order valence-corrected chi connectivity index (χ1v) is 5.91. The van der Waals surface area contributed by atoms with Crippen LogP contribution in [-0.2, 0) is 9.53 Å². The van der Waals surface area contributed by atoms with Crippen molar-refractivity contribution < 1.29 is 19.4 Å². The molecule has 5 heteroatoms. The first kappa shape index (κ1) is 13.8. The van der Waals surface area contributed by atoms with Gasteiger partial charge in [0.1, 0.15) is 11.0 Å². The van der Waals surface area contributed by atoms with Crippen molar-refractivity contribution in [3.05, 3.63) is 0 Å². The van der Waals surface area contributed by atoms with Gasteiger partial charge in [-0.1, -0.05) is 13.3 Å². The van der Waals surface area contributed by atoms with Gasteiger partial charge in [-0.25, -0.2) is 4.79 Å². The van der Waals surface area contributed by atoms with Crippen LogP contribution in [-0.4, -0.2) is 40.8 Å². The van der Waals surface area contributed by atoms with E-state index in [0.29, 0.717) is 6.42 Å². The van der Waals surface area contributed by atoms with Crippen LogP contribution in [0.1, 0.15) is 40.5 Å². The summed E-state index contributed by atoms with van der Waals surface area (Å²) in [6.45, 7) is 7.83. The highest BCUT2D eigenvalue weighted by molar-refractivity contribution is 5.80. The van der Waals surface area contributed by atoms with Crippen molar-refractivity contribution in [1.29, 1.82) is 0 Å². The Morgan fingerprint density at radius 2 is 1.88 bits per heavy atom. The first-order valence-electron chi connectivity index (χ1n) is 5.91. The van der Waals surface area contributed by atoms with Crippen molar-refractivity contribution in [3.8, 4) is 0 Å². The van der Waals surface area contributed by atoms with Gasteiger partial charge in [0.15, 0.2) is 0 Å². The molecule has 0 radical (unpaired) electrons. The summed E-state index contributed by atoms with van der Waals surface area (Å²) in [6, 6.07) is 0. The van der Waals surface area contributed by atoms with Gasteiger partial charge in [-0.05, 0) is 27.2 Å². The molecule has 0 aliphatic carbocycles. The molecule has 0 aromatic carbocycles. The van der Waals surface area contributed by atoms with Crippen LogP contribution in [0.3, 0.4) is 0 Å². The molecular weight excluding hydrogens is 222 g/mol. The summed E-state index contributed by atoms with van der Waals surface area (Å²) in [6.07, 6.45) is 0.973. The van der Waals surface area contributed by atoms with Gasteiger partial charge in [0.05, 0.1) is 0 Å². The average molecular weight is 243 g/mol. The molecule has 1 aliphatic rings. The van der Waals surface area contributed by atoms with E-state index in [9.17, 15) is 9.59 Å². The van der Waals surface area contributed by atoms with Gasteiger partial charge in [-0.15, -0.1) is 0 Å². The highest BCUT2D eigenvalue weighted by atomic mass is 16.6. The van der Waals surface area contributed by atoms with Crippen molar-refractivity contribution in [2.45, 2.75) is 46.1 Å². The fourth-order valence-electron chi connectivity index (χ4n) is 2.02. The lowest BCUT2D eigenvalue weighted by Crippen LogP contribution is -2.62. The number of ether oxygens (including phenoxy) is 1. The zero-order chi connectivity index (χ0) is 13.3. The lowest BCUT2D eigenvalue weighted by molar-refractivity contribution is -0.160. The van der Waals surface area contributed by atoms with E-state index < -0.39 is 23.1 Å². The molecule has 1 fully saturated rings. The molecule has 1 heterocycles. The van der Waals surface area contributed by atoms with Gasteiger partial charge < -0.3 is 14.7 Å². The van der Waals surface area contributed by atoms with E-state index in [-0.39, 0.29) is 13.1 Å². The standard InChI is InChI=1S/C12H21NO4/c1-5-6-12(9(14)15)7-13(8-12)10(16)17-11(2,3)4/h5-8H2,1-4H3,(H,14,15). The second kappa shape index (κ2) is 4.55. The molecule has 1 N–H and O–H groups in total. The molecule has 0 spiro atoms. The third-order valence-corrected chi connectivity index (χ3v) is 2.82. The molecule has 0 saturated carbocycles. The predicted octanol–water partition coefficient (Wildman–Crippen LogP) is 2.11. The minimum Gasteiger partial charge on any atom is -0.481 e.